The summed E-state index contributed by atoms with van der Waals surface area (Å²) in [6, 6.07) is 3.94. The quantitative estimate of drug-likeness (QED) is 0.561. The van der Waals surface area contributed by atoms with Gasteiger partial charge in [-0.25, -0.2) is 4.39 Å². The van der Waals surface area contributed by atoms with E-state index in [2.05, 4.69) is 0 Å². The maximum atomic E-state index is 12.5. The first-order valence-corrected chi connectivity index (χ1v) is 3.23. The summed E-state index contributed by atoms with van der Waals surface area (Å²) in [5.74, 6) is -0.0708. The normalized spacial score (nSPS) is 14.5. The molecule has 0 radical (unpaired) electrons. The lowest BCUT2D eigenvalue weighted by Gasteiger charge is -1.94. The molecule has 3 heteroatoms. The molecule has 0 atom stereocenters. The molecule has 2 nitrogen and oxygen atoms in total. The lowest BCUT2D eigenvalue weighted by molar-refractivity contribution is 0.0961. The van der Waals surface area contributed by atoms with Gasteiger partial charge in [-0.3, -0.25) is 4.79 Å². The second kappa shape index (κ2) is 2.05. The van der Waals surface area contributed by atoms with E-state index >= 15 is 0 Å². The van der Waals surface area contributed by atoms with Gasteiger partial charge in [-0.1, -0.05) is 0 Å². The maximum absolute atomic E-state index is 12.5. The number of carbonyl (C=O) groups excluding carboxylic acids is 1. The molecule has 0 saturated carbocycles. The van der Waals surface area contributed by atoms with E-state index in [1.165, 1.54) is 18.2 Å². The Kier molecular flexibility index (Phi) is 1.18. The molecule has 1 aliphatic heterocycles. The van der Waals surface area contributed by atoms with Crippen LogP contribution in [0.25, 0.3) is 0 Å². The minimum absolute atomic E-state index is 0.0405. The molecule has 0 spiro atoms. The highest BCUT2D eigenvalue weighted by Gasteiger charge is 2.20. The average Bonchev–Trinajstić information content (AvgIpc) is 2.33. The molecule has 1 aliphatic rings. The highest BCUT2D eigenvalue weighted by molar-refractivity contribution is 6.02. The summed E-state index contributed by atoms with van der Waals surface area (Å²) >= 11 is 0. The number of halogens is 1. The lowest BCUT2D eigenvalue weighted by atomic mass is 10.1. The third-order valence-electron chi connectivity index (χ3n) is 1.60. The third kappa shape index (κ3) is 0.888. The average molecular weight is 152 g/mol. The molecular weight excluding hydrogens is 147 g/mol. The van der Waals surface area contributed by atoms with Crippen LogP contribution >= 0.6 is 0 Å². The van der Waals surface area contributed by atoms with Gasteiger partial charge in [0.05, 0.1) is 5.56 Å². The van der Waals surface area contributed by atoms with Crippen LogP contribution in [-0.4, -0.2) is 12.4 Å². The van der Waals surface area contributed by atoms with Gasteiger partial charge in [-0.05, 0) is 18.2 Å². The predicted molar refractivity (Wildman–Crippen MR) is 36.2 cm³/mol. The number of benzene rings is 1. The fraction of sp³-hybridized carbons (Fsp3) is 0.125. The zero-order chi connectivity index (χ0) is 7.84. The fourth-order valence-corrected chi connectivity index (χ4v) is 1.07. The molecule has 0 unspecified atom stereocenters. The molecule has 0 bridgehead atoms. The molecule has 11 heavy (non-hydrogen) atoms. The summed E-state index contributed by atoms with van der Waals surface area (Å²) in [5.41, 5.74) is 0.352. The number of hydrogen-bond donors (Lipinski definition) is 0. The second-order valence-corrected chi connectivity index (χ2v) is 2.35. The van der Waals surface area contributed by atoms with Crippen molar-refractivity contribution in [3.05, 3.63) is 29.6 Å². The molecule has 1 heterocycles. The van der Waals surface area contributed by atoms with E-state index < -0.39 is 5.82 Å². The zero-order valence-corrected chi connectivity index (χ0v) is 5.63. The molecule has 0 saturated heterocycles. The number of rotatable bonds is 0. The van der Waals surface area contributed by atoms with Crippen molar-refractivity contribution >= 4 is 5.78 Å². The van der Waals surface area contributed by atoms with E-state index in [4.69, 9.17) is 4.74 Å². The van der Waals surface area contributed by atoms with E-state index in [0.29, 0.717) is 11.3 Å². The highest BCUT2D eigenvalue weighted by Crippen LogP contribution is 2.24. The third-order valence-corrected chi connectivity index (χ3v) is 1.60. The molecule has 0 N–H and O–H groups in total. The first-order chi connectivity index (χ1) is 5.27. The maximum Gasteiger partial charge on any atom is 0.204 e. The van der Waals surface area contributed by atoms with Crippen molar-refractivity contribution in [2.24, 2.45) is 0 Å². The van der Waals surface area contributed by atoms with Crippen LogP contribution in [0.4, 0.5) is 4.39 Å². The standard InChI is InChI=1S/C8H5FO2/c9-5-1-2-8-6(3-5)7(10)4-11-8/h1-3H,4H2. The molecule has 56 valence electrons. The van der Waals surface area contributed by atoms with Crippen LogP contribution in [-0.2, 0) is 0 Å². The first kappa shape index (κ1) is 6.34. The van der Waals surface area contributed by atoms with Crippen molar-refractivity contribution < 1.29 is 13.9 Å². The van der Waals surface area contributed by atoms with E-state index in [1.54, 1.807) is 0 Å². The van der Waals surface area contributed by atoms with Crippen LogP contribution < -0.4 is 4.74 Å². The van der Waals surface area contributed by atoms with Gasteiger partial charge in [-0.15, -0.1) is 0 Å². The Hall–Kier alpha value is -1.38. The molecular formula is C8H5FO2. The van der Waals surface area contributed by atoms with Gasteiger partial charge in [0.1, 0.15) is 11.6 Å². The van der Waals surface area contributed by atoms with Gasteiger partial charge in [-0.2, -0.15) is 0 Å². The Bertz CT molecular complexity index is 320. The Morgan fingerprint density at radius 2 is 2.27 bits per heavy atom. The van der Waals surface area contributed by atoms with Crippen LogP contribution in [0.5, 0.6) is 5.75 Å². The van der Waals surface area contributed by atoms with Crippen molar-refractivity contribution in [2.45, 2.75) is 0 Å². The molecule has 1 aromatic carbocycles. The smallest absolute Gasteiger partial charge is 0.204 e. The monoisotopic (exact) mass is 152 g/mol. The van der Waals surface area contributed by atoms with E-state index in [9.17, 15) is 9.18 Å². The van der Waals surface area contributed by atoms with Crippen LogP contribution in [0, 0.1) is 5.82 Å². The van der Waals surface area contributed by atoms with E-state index in [1.807, 2.05) is 0 Å². The van der Waals surface area contributed by atoms with Gasteiger partial charge in [0.15, 0.2) is 6.61 Å². The van der Waals surface area contributed by atoms with E-state index in [0.717, 1.165) is 0 Å². The van der Waals surface area contributed by atoms with Crippen LogP contribution in [0.1, 0.15) is 10.4 Å². The lowest BCUT2D eigenvalue weighted by Crippen LogP contribution is -1.98. The summed E-state index contributed by atoms with van der Waals surface area (Å²) in [4.78, 5) is 10.9. The zero-order valence-electron chi connectivity index (χ0n) is 5.63. The minimum Gasteiger partial charge on any atom is -0.485 e. The van der Waals surface area contributed by atoms with E-state index in [-0.39, 0.29) is 12.4 Å². The van der Waals surface area contributed by atoms with Gasteiger partial charge in [0.25, 0.3) is 0 Å². The SMILES string of the molecule is O=C1COc2ccc(F)cc21. The topological polar surface area (TPSA) is 26.3 Å². The van der Waals surface area contributed by atoms with Crippen molar-refractivity contribution in [2.75, 3.05) is 6.61 Å². The molecule has 1 aromatic rings. The second-order valence-electron chi connectivity index (χ2n) is 2.35. The first-order valence-electron chi connectivity index (χ1n) is 3.23. The number of fused-ring (bicyclic) bond motifs is 1. The van der Waals surface area contributed by atoms with Crippen molar-refractivity contribution in [1.82, 2.24) is 0 Å². The van der Waals surface area contributed by atoms with Crippen molar-refractivity contribution in [3.8, 4) is 5.75 Å². The number of hydrogen-bond acceptors (Lipinski definition) is 2. The van der Waals surface area contributed by atoms with Gasteiger partial charge in [0, 0.05) is 0 Å². The van der Waals surface area contributed by atoms with Crippen molar-refractivity contribution in [3.63, 3.8) is 0 Å². The summed E-state index contributed by atoms with van der Waals surface area (Å²) < 4.78 is 17.5. The van der Waals surface area contributed by atoms with Crippen LogP contribution in [0.2, 0.25) is 0 Å². The van der Waals surface area contributed by atoms with Crippen molar-refractivity contribution in [1.29, 1.82) is 0 Å². The molecule has 0 amide bonds. The van der Waals surface area contributed by atoms with Gasteiger partial charge >= 0.3 is 0 Å². The summed E-state index contributed by atoms with van der Waals surface area (Å²) in [6.45, 7) is 0.0405. The largest absolute Gasteiger partial charge is 0.485 e. The summed E-state index contributed by atoms with van der Waals surface area (Å²) in [6.07, 6.45) is 0. The number of ketones is 1. The van der Waals surface area contributed by atoms with Gasteiger partial charge < -0.3 is 4.74 Å². The van der Waals surface area contributed by atoms with Crippen LogP contribution in [0.15, 0.2) is 18.2 Å². The minimum atomic E-state index is -0.400. The van der Waals surface area contributed by atoms with Gasteiger partial charge in [0.2, 0.25) is 5.78 Å². The Morgan fingerprint density at radius 1 is 1.45 bits per heavy atom. The number of Topliss-reactive ketones (excluding diaryl/α,β-unsaturated/α-hetero) is 1. The Morgan fingerprint density at radius 3 is 3.09 bits per heavy atom. The van der Waals surface area contributed by atoms with Crippen LogP contribution in [0.3, 0.4) is 0 Å². The number of ether oxygens (including phenoxy) is 1. The number of carbonyl (C=O) groups is 1. The highest BCUT2D eigenvalue weighted by atomic mass is 19.1. The Balaban J connectivity index is 2.60. The molecule has 2 rings (SSSR count). The Labute approximate surface area is 62.6 Å². The molecule has 0 aromatic heterocycles. The summed E-state index contributed by atoms with van der Waals surface area (Å²) in [7, 11) is 0. The molecule has 0 fully saturated rings. The fourth-order valence-electron chi connectivity index (χ4n) is 1.07. The predicted octanol–water partition coefficient (Wildman–Crippen LogP) is 1.40. The molecule has 0 aliphatic carbocycles. The summed E-state index contributed by atoms with van der Waals surface area (Å²) in [5, 5.41) is 0.